The van der Waals surface area contributed by atoms with Crippen LogP contribution in [0.3, 0.4) is 0 Å². The molecule has 8 heteroatoms. The topological polar surface area (TPSA) is 56.8 Å². The minimum Gasteiger partial charge on any atom is -0.344 e. The molecule has 0 bridgehead atoms. The first-order valence-corrected chi connectivity index (χ1v) is 10.4. The van der Waals surface area contributed by atoms with Crippen LogP contribution in [0.1, 0.15) is 30.7 Å². The van der Waals surface area contributed by atoms with E-state index in [1.54, 1.807) is 19.0 Å². The molecule has 0 aliphatic carbocycles. The number of halogens is 1. The maximum absolute atomic E-state index is 12.6. The molecule has 1 aliphatic heterocycles. The average Bonchev–Trinajstić information content (AvgIpc) is 3.01. The molecule has 0 saturated carbocycles. The number of benzene rings is 1. The molecule has 1 aromatic heterocycles. The van der Waals surface area contributed by atoms with Crippen LogP contribution in [-0.4, -0.2) is 71.8 Å². The number of amides is 2. The molecular formula is C19H23BrN4O2S. The fourth-order valence-electron chi connectivity index (χ4n) is 3.00. The van der Waals surface area contributed by atoms with Crippen molar-refractivity contribution in [1.29, 1.82) is 0 Å². The summed E-state index contributed by atoms with van der Waals surface area (Å²) in [5.74, 6) is 0.0762. The Morgan fingerprint density at radius 2 is 1.78 bits per heavy atom. The molecule has 1 aliphatic rings. The minimum absolute atomic E-state index is 0.00108. The monoisotopic (exact) mass is 450 g/mol. The predicted octanol–water partition coefficient (Wildman–Crippen LogP) is 2.87. The van der Waals surface area contributed by atoms with Crippen LogP contribution in [0, 0.1) is 6.92 Å². The van der Waals surface area contributed by atoms with E-state index < -0.39 is 0 Å². The first kappa shape index (κ1) is 20.0. The summed E-state index contributed by atoms with van der Waals surface area (Å²) in [4.78, 5) is 35.8. The van der Waals surface area contributed by atoms with Crippen molar-refractivity contribution in [2.75, 3.05) is 40.3 Å². The normalized spacial score (nSPS) is 15.0. The van der Waals surface area contributed by atoms with Crippen molar-refractivity contribution in [2.45, 2.75) is 13.5 Å². The van der Waals surface area contributed by atoms with E-state index in [-0.39, 0.29) is 11.8 Å². The second-order valence-electron chi connectivity index (χ2n) is 6.80. The zero-order valence-corrected chi connectivity index (χ0v) is 18.1. The van der Waals surface area contributed by atoms with Gasteiger partial charge < -0.3 is 9.80 Å². The molecule has 144 valence electrons. The van der Waals surface area contributed by atoms with Crippen molar-refractivity contribution in [3.8, 4) is 0 Å². The van der Waals surface area contributed by atoms with E-state index in [0.29, 0.717) is 30.1 Å². The molecule has 6 nitrogen and oxygen atoms in total. The summed E-state index contributed by atoms with van der Waals surface area (Å²) in [5, 5.41) is 0.949. The summed E-state index contributed by atoms with van der Waals surface area (Å²) in [5.41, 5.74) is 1.51. The van der Waals surface area contributed by atoms with Gasteiger partial charge in [-0.15, -0.1) is 11.3 Å². The summed E-state index contributed by atoms with van der Waals surface area (Å²) in [6, 6.07) is 7.47. The van der Waals surface area contributed by atoms with Crippen molar-refractivity contribution >= 4 is 39.1 Å². The average molecular weight is 451 g/mol. The summed E-state index contributed by atoms with van der Waals surface area (Å²) in [7, 11) is 3.51. The second kappa shape index (κ2) is 8.50. The van der Waals surface area contributed by atoms with Crippen LogP contribution in [0.25, 0.3) is 0 Å². The predicted molar refractivity (Wildman–Crippen MR) is 110 cm³/mol. The van der Waals surface area contributed by atoms with Gasteiger partial charge >= 0.3 is 0 Å². The number of aryl methyl sites for hydroxylation is 1. The highest BCUT2D eigenvalue weighted by molar-refractivity contribution is 9.10. The molecule has 2 amide bonds. The van der Waals surface area contributed by atoms with Gasteiger partial charge in [0.1, 0.15) is 9.88 Å². The molecule has 1 fully saturated rings. The van der Waals surface area contributed by atoms with Gasteiger partial charge in [-0.25, -0.2) is 4.98 Å². The Morgan fingerprint density at radius 3 is 2.37 bits per heavy atom. The summed E-state index contributed by atoms with van der Waals surface area (Å²) >= 11 is 4.86. The smallest absolute Gasteiger partial charge is 0.265 e. The van der Waals surface area contributed by atoms with Gasteiger partial charge in [0.25, 0.3) is 11.8 Å². The standard InChI is InChI=1S/C19H23BrN4O2S/c1-13-17(19(26)22(2)3)27-16(21-13)12-23-8-10-24(11-9-23)18(25)14-4-6-15(20)7-5-14/h4-7H,8-12H2,1-3H3. The molecular weight excluding hydrogens is 428 g/mol. The molecule has 0 spiro atoms. The lowest BCUT2D eigenvalue weighted by Crippen LogP contribution is -2.48. The third kappa shape index (κ3) is 4.75. The Hall–Kier alpha value is -1.77. The fourth-order valence-corrected chi connectivity index (χ4v) is 4.39. The number of carbonyl (C=O) groups is 2. The number of carbonyl (C=O) groups excluding carboxylic acids is 2. The Kier molecular flexibility index (Phi) is 6.29. The van der Waals surface area contributed by atoms with Crippen molar-refractivity contribution in [1.82, 2.24) is 19.7 Å². The van der Waals surface area contributed by atoms with Crippen LogP contribution in [0.5, 0.6) is 0 Å². The zero-order chi connectivity index (χ0) is 19.6. The van der Waals surface area contributed by atoms with Crippen molar-refractivity contribution < 1.29 is 9.59 Å². The van der Waals surface area contributed by atoms with Gasteiger partial charge in [0.2, 0.25) is 0 Å². The van der Waals surface area contributed by atoms with E-state index >= 15 is 0 Å². The molecule has 1 saturated heterocycles. The fraction of sp³-hybridized carbons (Fsp3) is 0.421. The lowest BCUT2D eigenvalue weighted by Gasteiger charge is -2.34. The Bertz CT molecular complexity index is 827. The Morgan fingerprint density at radius 1 is 1.15 bits per heavy atom. The molecule has 0 radical (unpaired) electrons. The molecule has 0 N–H and O–H groups in total. The van der Waals surface area contributed by atoms with Gasteiger partial charge in [-0.3, -0.25) is 14.5 Å². The van der Waals surface area contributed by atoms with Crippen LogP contribution < -0.4 is 0 Å². The zero-order valence-electron chi connectivity index (χ0n) is 15.7. The number of aromatic nitrogens is 1. The first-order valence-electron chi connectivity index (χ1n) is 8.80. The molecule has 2 heterocycles. The highest BCUT2D eigenvalue weighted by Crippen LogP contribution is 2.21. The van der Waals surface area contributed by atoms with Crippen LogP contribution in [0.2, 0.25) is 0 Å². The Labute approximate surface area is 171 Å². The van der Waals surface area contributed by atoms with Gasteiger partial charge in [-0.2, -0.15) is 0 Å². The minimum atomic E-state index is 0.00108. The third-order valence-electron chi connectivity index (χ3n) is 4.55. The number of piperazine rings is 1. The highest BCUT2D eigenvalue weighted by atomic mass is 79.9. The van der Waals surface area contributed by atoms with E-state index in [2.05, 4.69) is 25.8 Å². The molecule has 3 rings (SSSR count). The van der Waals surface area contributed by atoms with Crippen LogP contribution in [-0.2, 0) is 6.54 Å². The van der Waals surface area contributed by atoms with E-state index in [0.717, 1.165) is 28.3 Å². The number of hydrogen-bond donors (Lipinski definition) is 0. The van der Waals surface area contributed by atoms with Crippen molar-refractivity contribution in [3.05, 3.63) is 49.9 Å². The van der Waals surface area contributed by atoms with E-state index in [1.165, 1.54) is 11.3 Å². The van der Waals surface area contributed by atoms with Gasteiger partial charge in [0.15, 0.2) is 0 Å². The molecule has 27 heavy (non-hydrogen) atoms. The molecule has 1 aromatic carbocycles. The number of hydrogen-bond acceptors (Lipinski definition) is 5. The summed E-state index contributed by atoms with van der Waals surface area (Å²) < 4.78 is 0.967. The van der Waals surface area contributed by atoms with Gasteiger partial charge in [0, 0.05) is 50.3 Å². The third-order valence-corrected chi connectivity index (χ3v) is 6.21. The highest BCUT2D eigenvalue weighted by Gasteiger charge is 2.24. The van der Waals surface area contributed by atoms with E-state index in [1.807, 2.05) is 36.1 Å². The summed E-state index contributed by atoms with van der Waals surface area (Å²) in [6.07, 6.45) is 0. The van der Waals surface area contributed by atoms with Gasteiger partial charge in [-0.1, -0.05) is 15.9 Å². The Balaban J connectivity index is 1.57. The molecule has 2 aromatic rings. The van der Waals surface area contributed by atoms with Crippen LogP contribution in [0.15, 0.2) is 28.7 Å². The second-order valence-corrected chi connectivity index (χ2v) is 8.80. The van der Waals surface area contributed by atoms with E-state index in [9.17, 15) is 9.59 Å². The first-order chi connectivity index (χ1) is 12.8. The molecule has 0 unspecified atom stereocenters. The maximum atomic E-state index is 12.6. The SMILES string of the molecule is Cc1nc(CN2CCN(C(=O)c3ccc(Br)cc3)CC2)sc1C(=O)N(C)C. The quantitative estimate of drug-likeness (QED) is 0.718. The van der Waals surface area contributed by atoms with E-state index in [4.69, 9.17) is 0 Å². The van der Waals surface area contributed by atoms with Crippen molar-refractivity contribution in [3.63, 3.8) is 0 Å². The van der Waals surface area contributed by atoms with Crippen LogP contribution in [0.4, 0.5) is 0 Å². The van der Waals surface area contributed by atoms with Crippen LogP contribution >= 0.6 is 27.3 Å². The maximum Gasteiger partial charge on any atom is 0.265 e. The lowest BCUT2D eigenvalue weighted by atomic mass is 10.2. The lowest BCUT2D eigenvalue weighted by molar-refractivity contribution is 0.0628. The number of nitrogens with zero attached hydrogens (tertiary/aromatic N) is 4. The van der Waals surface area contributed by atoms with Gasteiger partial charge in [0.05, 0.1) is 12.2 Å². The largest absolute Gasteiger partial charge is 0.344 e. The van der Waals surface area contributed by atoms with Gasteiger partial charge in [-0.05, 0) is 31.2 Å². The van der Waals surface area contributed by atoms with Crippen molar-refractivity contribution in [2.24, 2.45) is 0 Å². The molecule has 0 atom stereocenters. The number of rotatable bonds is 4. The number of thiazole rings is 1. The summed E-state index contributed by atoms with van der Waals surface area (Å²) in [6.45, 7) is 5.60.